The number of carbonyl (C=O) groups is 2. The molecule has 1 amide bonds. The Balaban J connectivity index is 1.10. The minimum absolute atomic E-state index is 0.0646. The number of aromatic carboxylic acids is 1. The quantitative estimate of drug-likeness (QED) is 0.166. The molecule has 8 nitrogen and oxygen atoms in total. The summed E-state index contributed by atoms with van der Waals surface area (Å²) in [6.07, 6.45) is 5.71. The van der Waals surface area contributed by atoms with Crippen molar-refractivity contribution in [2.75, 3.05) is 18.5 Å². The molecule has 0 bridgehead atoms. The van der Waals surface area contributed by atoms with Gasteiger partial charge in [0, 0.05) is 45.4 Å². The van der Waals surface area contributed by atoms with Gasteiger partial charge < -0.3 is 30.6 Å². The first-order valence-electron chi connectivity index (χ1n) is 14.1. The van der Waals surface area contributed by atoms with Crippen LogP contribution >= 0.6 is 11.3 Å². The van der Waals surface area contributed by atoms with Gasteiger partial charge in [0.25, 0.3) is 0 Å². The minimum atomic E-state index is -0.918. The number of thiophene rings is 1. The fourth-order valence-electron chi connectivity index (χ4n) is 6.40. The second kappa shape index (κ2) is 10.6. The number of anilines is 1. The maximum atomic E-state index is 12.8. The monoisotopic (exact) mass is 573 g/mol. The van der Waals surface area contributed by atoms with E-state index in [0.717, 1.165) is 70.3 Å². The highest BCUT2D eigenvalue weighted by atomic mass is 32.1. The van der Waals surface area contributed by atoms with Crippen molar-refractivity contribution >= 4 is 39.8 Å². The molecule has 9 heteroatoms. The molecule has 2 aromatic carbocycles. The number of benzene rings is 2. The van der Waals surface area contributed by atoms with Gasteiger partial charge in [-0.25, -0.2) is 4.79 Å². The molecule has 1 aliphatic heterocycles. The third-order valence-electron chi connectivity index (χ3n) is 8.41. The molecular weight excluding hydrogens is 538 g/mol. The summed E-state index contributed by atoms with van der Waals surface area (Å²) >= 11 is 1.27. The third-order valence-corrected chi connectivity index (χ3v) is 9.51. The number of carbonyl (C=O) groups excluding carboxylic acids is 1. The summed E-state index contributed by atoms with van der Waals surface area (Å²) in [5, 5.41) is 27.8. The van der Waals surface area contributed by atoms with Gasteiger partial charge in [-0.05, 0) is 62.9 Å². The molecule has 0 radical (unpaired) electrons. The maximum Gasteiger partial charge on any atom is 0.345 e. The molecule has 1 fully saturated rings. The summed E-state index contributed by atoms with van der Waals surface area (Å²) in [6, 6.07) is 15.3. The van der Waals surface area contributed by atoms with Crippen LogP contribution in [0.2, 0.25) is 0 Å². The lowest BCUT2D eigenvalue weighted by Gasteiger charge is -2.28. The predicted molar refractivity (Wildman–Crippen MR) is 161 cm³/mol. The standard InChI is InChI=1S/C32H35N3O5S/c1-31(2,15-19-16-33-28-21(19)7-5-8-22(28)25-11-12-26(41-25)29(37)38)34-17-20(36)18-40-24-10-6-9-23-27(24)32(30(39)35-23)13-3-4-14-32/h5-12,16,20,33-34,36H,3-4,13-15,17-18H2,1-2H3,(H,35,39)(H,37,38). The van der Waals surface area contributed by atoms with Crippen LogP contribution in [-0.2, 0) is 16.6 Å². The van der Waals surface area contributed by atoms with E-state index in [4.69, 9.17) is 4.74 Å². The Bertz CT molecular complexity index is 1610. The number of rotatable bonds is 10. The normalized spacial score (nSPS) is 16.7. The van der Waals surface area contributed by atoms with Gasteiger partial charge in [-0.1, -0.05) is 37.1 Å². The molecule has 2 aromatic heterocycles. The molecule has 0 saturated heterocycles. The van der Waals surface area contributed by atoms with Gasteiger partial charge >= 0.3 is 5.97 Å². The number of amides is 1. The average Bonchev–Trinajstić information content (AvgIpc) is 3.75. The summed E-state index contributed by atoms with van der Waals surface area (Å²) in [5.41, 5.74) is 4.05. The Morgan fingerprint density at radius 1 is 1.15 bits per heavy atom. The SMILES string of the molecule is CC(C)(Cc1c[nH]c2c(-c3ccc(C(=O)O)s3)cccc12)NCC(O)COc1cccc2c1C1(CCCC1)C(=O)N2. The Morgan fingerprint density at radius 3 is 2.68 bits per heavy atom. The summed E-state index contributed by atoms with van der Waals surface area (Å²) in [4.78, 5) is 28.8. The Labute approximate surface area is 242 Å². The van der Waals surface area contributed by atoms with Gasteiger partial charge in [-0.3, -0.25) is 4.79 Å². The van der Waals surface area contributed by atoms with Crippen molar-refractivity contribution in [2.24, 2.45) is 0 Å². The number of H-pyrrole nitrogens is 1. The number of carboxylic acids is 1. The zero-order valence-electron chi connectivity index (χ0n) is 23.3. The van der Waals surface area contributed by atoms with Gasteiger partial charge in [0.15, 0.2) is 0 Å². The Hall–Kier alpha value is -3.66. The number of aliphatic hydroxyl groups excluding tert-OH is 1. The van der Waals surface area contributed by atoms with Gasteiger partial charge in [-0.2, -0.15) is 0 Å². The van der Waals surface area contributed by atoms with Crippen LogP contribution in [0.3, 0.4) is 0 Å². The van der Waals surface area contributed by atoms with Crippen molar-refractivity contribution in [3.05, 3.63) is 70.7 Å². The molecule has 6 rings (SSSR count). The molecule has 4 aromatic rings. The number of aliphatic hydroxyl groups is 1. The predicted octanol–water partition coefficient (Wildman–Crippen LogP) is 5.71. The van der Waals surface area contributed by atoms with Crippen LogP contribution < -0.4 is 15.4 Å². The number of aromatic nitrogens is 1. The van der Waals surface area contributed by atoms with E-state index in [1.165, 1.54) is 11.3 Å². The van der Waals surface area contributed by atoms with Crippen molar-refractivity contribution in [1.82, 2.24) is 10.3 Å². The van der Waals surface area contributed by atoms with Crippen LogP contribution in [-0.4, -0.2) is 51.9 Å². The summed E-state index contributed by atoms with van der Waals surface area (Å²) < 4.78 is 6.12. The molecule has 3 heterocycles. The third kappa shape index (κ3) is 5.14. The van der Waals surface area contributed by atoms with Crippen molar-refractivity contribution < 1.29 is 24.5 Å². The van der Waals surface area contributed by atoms with Crippen LogP contribution in [0.5, 0.6) is 5.75 Å². The van der Waals surface area contributed by atoms with E-state index in [2.05, 4.69) is 35.5 Å². The fraction of sp³-hybridized carbons (Fsp3) is 0.375. The highest BCUT2D eigenvalue weighted by Gasteiger charge is 2.50. The molecule has 41 heavy (non-hydrogen) atoms. The van der Waals surface area contributed by atoms with Crippen molar-refractivity contribution in [2.45, 2.75) is 63.0 Å². The Kier molecular flexibility index (Phi) is 7.13. The van der Waals surface area contributed by atoms with E-state index in [1.54, 1.807) is 6.07 Å². The van der Waals surface area contributed by atoms with E-state index in [9.17, 15) is 19.8 Å². The number of hydrogen-bond donors (Lipinski definition) is 5. The lowest BCUT2D eigenvalue weighted by molar-refractivity contribution is -0.120. The maximum absolute atomic E-state index is 12.8. The molecule has 1 unspecified atom stereocenters. The Morgan fingerprint density at radius 2 is 1.93 bits per heavy atom. The lowest BCUT2D eigenvalue weighted by atomic mass is 9.79. The van der Waals surface area contributed by atoms with E-state index >= 15 is 0 Å². The van der Waals surface area contributed by atoms with Gasteiger partial charge in [0.2, 0.25) is 5.91 Å². The van der Waals surface area contributed by atoms with E-state index in [0.29, 0.717) is 17.2 Å². The largest absolute Gasteiger partial charge is 0.490 e. The highest BCUT2D eigenvalue weighted by molar-refractivity contribution is 7.17. The molecule has 1 aliphatic carbocycles. The second-order valence-electron chi connectivity index (χ2n) is 11.8. The summed E-state index contributed by atoms with van der Waals surface area (Å²) in [5.74, 6) is -0.176. The van der Waals surface area contributed by atoms with Crippen LogP contribution in [0.4, 0.5) is 5.69 Å². The number of fused-ring (bicyclic) bond motifs is 3. The minimum Gasteiger partial charge on any atom is -0.490 e. The van der Waals surface area contributed by atoms with Crippen LogP contribution in [0, 0.1) is 0 Å². The zero-order chi connectivity index (χ0) is 28.8. The van der Waals surface area contributed by atoms with E-state index in [-0.39, 0.29) is 18.1 Å². The number of β-amino-alcohol motifs (C(OH)–C–C–N with tert-alkyl or cyclic N) is 1. The molecule has 214 valence electrons. The smallest absolute Gasteiger partial charge is 0.345 e. The number of carboxylic acid groups (broad SMARTS) is 1. The fourth-order valence-corrected chi connectivity index (χ4v) is 7.28. The number of aromatic amines is 1. The van der Waals surface area contributed by atoms with Crippen molar-refractivity contribution in [1.29, 1.82) is 0 Å². The van der Waals surface area contributed by atoms with Gasteiger partial charge in [0.1, 0.15) is 23.3 Å². The van der Waals surface area contributed by atoms with Crippen LogP contribution in [0.25, 0.3) is 21.3 Å². The molecule has 1 saturated carbocycles. The van der Waals surface area contributed by atoms with Crippen LogP contribution in [0.1, 0.15) is 60.3 Å². The number of nitrogens with one attached hydrogen (secondary N) is 3. The molecule has 5 N–H and O–H groups in total. The van der Waals surface area contributed by atoms with E-state index in [1.807, 2.05) is 42.6 Å². The first-order chi connectivity index (χ1) is 19.7. The van der Waals surface area contributed by atoms with Crippen molar-refractivity contribution in [3.63, 3.8) is 0 Å². The van der Waals surface area contributed by atoms with Gasteiger partial charge in [0.05, 0.1) is 10.9 Å². The molecule has 1 spiro atoms. The van der Waals surface area contributed by atoms with E-state index < -0.39 is 17.5 Å². The summed E-state index contributed by atoms with van der Waals surface area (Å²) in [6.45, 7) is 4.68. The number of hydrogen-bond acceptors (Lipinski definition) is 6. The number of para-hydroxylation sites is 1. The average molecular weight is 574 g/mol. The first kappa shape index (κ1) is 27.5. The molecule has 1 atom stereocenters. The first-order valence-corrected chi connectivity index (χ1v) is 14.9. The number of ether oxygens (including phenoxy) is 1. The second-order valence-corrected chi connectivity index (χ2v) is 12.9. The van der Waals surface area contributed by atoms with Crippen LogP contribution in [0.15, 0.2) is 54.7 Å². The molecular formula is C32H35N3O5S. The zero-order valence-corrected chi connectivity index (χ0v) is 24.1. The van der Waals surface area contributed by atoms with Gasteiger partial charge in [-0.15, -0.1) is 11.3 Å². The summed E-state index contributed by atoms with van der Waals surface area (Å²) in [7, 11) is 0. The van der Waals surface area contributed by atoms with Crippen molar-refractivity contribution in [3.8, 4) is 16.2 Å². The molecule has 2 aliphatic rings. The topological polar surface area (TPSA) is 124 Å². The lowest BCUT2D eigenvalue weighted by Crippen LogP contribution is -2.46. The highest BCUT2D eigenvalue weighted by Crippen LogP contribution is 2.52.